The summed E-state index contributed by atoms with van der Waals surface area (Å²) in [4.78, 5) is 74.2. The Morgan fingerprint density at radius 3 is 0.848 bits per heavy atom. The van der Waals surface area contributed by atoms with Crippen LogP contribution in [0.5, 0.6) is 121 Å². The standard InChI is InChI=1S/C101H104O31/c1-48(102)123-80-47-66-94(121-20)86(83-63-32-29-60(109-8)45-74(63)130-91(100(83)126-51(4)105)56-25-36-70(113-12)78(41-56)118-17)97(122-21)87(96(66)131-88(80)53-22-33-67(110-9)75(38-53)115-14)84-65-46-64(81-61-30-27-58(107-6)43-72(61)128-89(98(81)124-49(2)103)54-23-34-68(111-10)76(39-54)116-15)93(120-19)85(95(65)132-92(101(84)127-52(5)106)57-26-37-71(114-13)79(42-57)119-18)82-62-31-28-59(108-7)44-73(62)129-90(99(82)125-50(3)104)55-24-35-69(112-11)77(40-55)117-16/h22-46,80-84,88-92,98-101H,47H2,1-21H3. The summed E-state index contributed by atoms with van der Waals surface area (Å²) in [5.41, 5.74) is 4.15. The van der Waals surface area contributed by atoms with Crippen molar-refractivity contribution < 1.29 is 147 Å². The van der Waals surface area contributed by atoms with Crippen LogP contribution >= 0.6 is 0 Å². The molecule has 0 fully saturated rings. The van der Waals surface area contributed by atoms with Gasteiger partial charge in [0, 0.05) is 137 Å². The van der Waals surface area contributed by atoms with Gasteiger partial charge in [-0.15, -0.1) is 0 Å². The van der Waals surface area contributed by atoms with Crippen molar-refractivity contribution in [2.24, 2.45) is 0 Å². The van der Waals surface area contributed by atoms with Crippen LogP contribution in [0.15, 0.2) is 152 Å². The van der Waals surface area contributed by atoms with E-state index in [-0.39, 0.29) is 103 Å². The van der Waals surface area contributed by atoms with Gasteiger partial charge >= 0.3 is 29.8 Å². The molecule has 0 aliphatic carbocycles. The van der Waals surface area contributed by atoms with E-state index >= 15 is 4.79 Å². The molecular weight excluding hydrogens is 1710 g/mol. The van der Waals surface area contributed by atoms with E-state index in [0.29, 0.717) is 102 Å². The summed E-state index contributed by atoms with van der Waals surface area (Å²) in [5.74, 6) is -4.48. The second-order valence-corrected chi connectivity index (χ2v) is 31.6. The van der Waals surface area contributed by atoms with E-state index in [4.69, 9.17) is 123 Å². The molecular formula is C101H104O31. The molecule has 132 heavy (non-hydrogen) atoms. The van der Waals surface area contributed by atoms with Gasteiger partial charge in [0.1, 0.15) is 69.3 Å². The SMILES string of the molecule is COc1ccc2c(c1)OC(c1ccc(OC)c(OC)c1)C(OC(C)=O)C2c1cc2c(c(C3c4ccc(OC)cc4OC(c4ccc(OC)c(OC)c4)C3OC(C)=O)c1OC)OC(c1ccc(OC)c(OC)c1)C(OC(C)=O)C2c1c2c(c(OC)c(C3c4ccc(OC)cc4OC(c4ccc(OC)c(OC)c4)C3OC(C)=O)c1OC)CC(OC(C)=O)C(c1ccc(OC)c(OC)c1)O2. The zero-order valence-corrected chi connectivity index (χ0v) is 76.9. The van der Waals surface area contributed by atoms with E-state index in [1.165, 1.54) is 148 Å². The lowest BCUT2D eigenvalue weighted by Gasteiger charge is -2.47. The molecule has 31 heteroatoms. The summed E-state index contributed by atoms with van der Waals surface area (Å²) in [6.45, 7) is 6.36. The van der Waals surface area contributed by atoms with Gasteiger partial charge in [-0.1, -0.05) is 48.5 Å². The Morgan fingerprint density at radius 1 is 0.242 bits per heavy atom. The molecule has 0 radical (unpaired) electrons. The lowest BCUT2D eigenvalue weighted by atomic mass is 9.69. The van der Waals surface area contributed by atoms with Gasteiger partial charge in [-0.2, -0.15) is 0 Å². The molecule has 0 saturated carbocycles. The maximum atomic E-state index is 15.5. The van der Waals surface area contributed by atoms with Crippen molar-refractivity contribution in [2.45, 2.75) is 126 Å². The third-order valence-corrected chi connectivity index (χ3v) is 24.4. The number of rotatable bonds is 30. The first kappa shape index (κ1) is 92.1. The predicted molar refractivity (Wildman–Crippen MR) is 475 cm³/mol. The molecule has 15 rings (SSSR count). The zero-order chi connectivity index (χ0) is 93.9. The van der Waals surface area contributed by atoms with E-state index < -0.39 is 115 Å². The van der Waals surface area contributed by atoms with Crippen LogP contribution in [-0.4, -0.2) is 174 Å². The molecule has 31 nitrogen and oxygen atoms in total. The normalized spacial score (nSPS) is 21.0. The van der Waals surface area contributed by atoms with Gasteiger partial charge in [0.15, 0.2) is 112 Å². The van der Waals surface area contributed by atoms with Gasteiger partial charge < -0.3 is 123 Å². The Kier molecular flexibility index (Phi) is 27.2. The van der Waals surface area contributed by atoms with Crippen LogP contribution in [0.4, 0.5) is 0 Å². The maximum Gasteiger partial charge on any atom is 0.303 e. The summed E-state index contributed by atoms with van der Waals surface area (Å²) in [5, 5.41) is 0. The van der Waals surface area contributed by atoms with E-state index in [9.17, 15) is 19.2 Å². The summed E-state index contributed by atoms with van der Waals surface area (Å²) in [6, 6.07) is 43.3. The number of methoxy groups -OCH3 is 16. The molecule has 10 aromatic rings. The minimum Gasteiger partial charge on any atom is -0.497 e. The number of hydrogen-bond acceptors (Lipinski definition) is 31. The zero-order valence-electron chi connectivity index (χ0n) is 76.9. The van der Waals surface area contributed by atoms with Crippen LogP contribution in [0.2, 0.25) is 0 Å². The summed E-state index contributed by atoms with van der Waals surface area (Å²) >= 11 is 0. The quantitative estimate of drug-likeness (QED) is 0.0298. The number of carbonyl (C=O) groups is 5. The molecule has 0 saturated heterocycles. The van der Waals surface area contributed by atoms with Gasteiger partial charge in [0.05, 0.1) is 137 Å². The lowest BCUT2D eigenvalue weighted by Crippen LogP contribution is -2.43. The van der Waals surface area contributed by atoms with Crippen molar-refractivity contribution in [3.63, 3.8) is 0 Å². The molecule has 10 aromatic carbocycles. The number of carbonyl (C=O) groups excluding carboxylic acids is 5. The molecule has 0 aromatic heterocycles. The second-order valence-electron chi connectivity index (χ2n) is 31.6. The van der Waals surface area contributed by atoms with E-state index in [2.05, 4.69) is 0 Å². The average Bonchev–Trinajstić information content (AvgIpc) is 0.692. The summed E-state index contributed by atoms with van der Waals surface area (Å²) < 4.78 is 172. The topological polar surface area (TPSA) is 325 Å². The molecule has 14 atom stereocenters. The van der Waals surface area contributed by atoms with E-state index in [1.807, 2.05) is 6.07 Å². The fourth-order valence-corrected chi connectivity index (χ4v) is 19.0. The molecule has 694 valence electrons. The van der Waals surface area contributed by atoms with Crippen molar-refractivity contribution in [3.05, 3.63) is 230 Å². The van der Waals surface area contributed by atoms with Gasteiger partial charge in [-0.3, -0.25) is 24.0 Å². The van der Waals surface area contributed by atoms with Crippen LogP contribution in [0.3, 0.4) is 0 Å². The van der Waals surface area contributed by atoms with Crippen LogP contribution in [0, 0.1) is 0 Å². The van der Waals surface area contributed by atoms with Crippen molar-refractivity contribution in [2.75, 3.05) is 114 Å². The molecule has 14 unspecified atom stereocenters. The number of esters is 5. The minimum atomic E-state index is -1.70. The van der Waals surface area contributed by atoms with E-state index in [1.54, 1.807) is 146 Å². The summed E-state index contributed by atoms with van der Waals surface area (Å²) in [6.07, 6.45) is -14.3. The molecule has 0 bridgehead atoms. The lowest BCUT2D eigenvalue weighted by molar-refractivity contribution is -0.155. The predicted octanol–water partition coefficient (Wildman–Crippen LogP) is 16.2. The highest BCUT2D eigenvalue weighted by molar-refractivity contribution is 5.77. The Bertz CT molecular complexity index is 6040. The number of benzene rings is 10. The molecule has 5 aliphatic rings. The molecule has 5 aliphatic heterocycles. The maximum absolute atomic E-state index is 15.5. The third kappa shape index (κ3) is 17.1. The Balaban J connectivity index is 1.20. The number of ether oxygens (including phenoxy) is 26. The van der Waals surface area contributed by atoms with Gasteiger partial charge in [0.25, 0.3) is 0 Å². The summed E-state index contributed by atoms with van der Waals surface area (Å²) in [7, 11) is 23.8. The number of hydrogen-bond donors (Lipinski definition) is 0. The van der Waals surface area contributed by atoms with Gasteiger partial charge in [0.2, 0.25) is 0 Å². The highest BCUT2D eigenvalue weighted by atomic mass is 16.6. The number of fused-ring (bicyclic) bond motifs is 5. The Morgan fingerprint density at radius 2 is 0.530 bits per heavy atom. The smallest absolute Gasteiger partial charge is 0.303 e. The highest BCUT2D eigenvalue weighted by Gasteiger charge is 2.57. The molecule has 0 amide bonds. The Hall–Kier alpha value is -14.7. The van der Waals surface area contributed by atoms with Crippen molar-refractivity contribution in [3.8, 4) is 121 Å². The monoisotopic (exact) mass is 1810 g/mol. The molecule has 0 spiro atoms. The van der Waals surface area contributed by atoms with Crippen LogP contribution in [-0.2, 0) is 54.1 Å². The molecule has 0 N–H and O–H groups in total. The van der Waals surface area contributed by atoms with Crippen LogP contribution in [0.1, 0.15) is 167 Å². The van der Waals surface area contributed by atoms with Crippen LogP contribution in [0.25, 0.3) is 0 Å². The van der Waals surface area contributed by atoms with Crippen molar-refractivity contribution >= 4 is 29.8 Å². The van der Waals surface area contributed by atoms with Gasteiger partial charge in [-0.05, 0) is 84.9 Å². The highest BCUT2D eigenvalue weighted by Crippen LogP contribution is 2.67. The first-order valence-electron chi connectivity index (χ1n) is 42.2. The average molecular weight is 1810 g/mol. The fourth-order valence-electron chi connectivity index (χ4n) is 19.0. The first-order valence-corrected chi connectivity index (χ1v) is 42.2. The van der Waals surface area contributed by atoms with Crippen molar-refractivity contribution in [1.29, 1.82) is 0 Å². The molecule has 5 heterocycles. The van der Waals surface area contributed by atoms with Gasteiger partial charge in [-0.25, -0.2) is 0 Å². The fraction of sp³-hybridized carbons (Fsp3) is 0.356. The third-order valence-electron chi connectivity index (χ3n) is 24.4. The second kappa shape index (κ2) is 39.0. The minimum absolute atomic E-state index is 0.00253. The Labute approximate surface area is 763 Å². The van der Waals surface area contributed by atoms with Crippen LogP contribution < -0.4 is 99.5 Å². The first-order chi connectivity index (χ1) is 63.8. The van der Waals surface area contributed by atoms with E-state index in [0.717, 1.165) is 0 Å². The van der Waals surface area contributed by atoms with Crippen molar-refractivity contribution in [1.82, 2.24) is 0 Å². The largest absolute Gasteiger partial charge is 0.497 e.